The minimum atomic E-state index is 0.254. The molecule has 1 atom stereocenters. The largest absolute Gasteiger partial charge is 0.324 e. The molecule has 1 unspecified atom stereocenters. The molecule has 0 radical (unpaired) electrons. The molecule has 1 saturated heterocycles. The number of rotatable bonds is 2. The topological polar surface area (TPSA) is 29.3 Å². The fourth-order valence-corrected chi connectivity index (χ4v) is 2.54. The normalized spacial score (nSPS) is 29.2. The SMILES string of the molecule is CCN1CCC(C2=CCC(N)C=C2)CC1. The average Bonchev–Trinajstić information content (AvgIpc) is 2.30. The van der Waals surface area contributed by atoms with Crippen molar-refractivity contribution < 1.29 is 0 Å². The van der Waals surface area contributed by atoms with Crippen molar-refractivity contribution in [3.05, 3.63) is 23.8 Å². The highest BCUT2D eigenvalue weighted by molar-refractivity contribution is 5.27. The first-order valence-corrected chi connectivity index (χ1v) is 6.15. The van der Waals surface area contributed by atoms with Gasteiger partial charge in [-0.15, -0.1) is 0 Å². The van der Waals surface area contributed by atoms with Crippen LogP contribution in [0.15, 0.2) is 23.8 Å². The maximum Gasteiger partial charge on any atom is 0.0262 e. The smallest absolute Gasteiger partial charge is 0.0262 e. The summed E-state index contributed by atoms with van der Waals surface area (Å²) in [5.74, 6) is 0.788. The summed E-state index contributed by atoms with van der Waals surface area (Å²) >= 11 is 0. The summed E-state index contributed by atoms with van der Waals surface area (Å²) in [6.45, 7) is 5.97. The minimum absolute atomic E-state index is 0.254. The highest BCUT2D eigenvalue weighted by atomic mass is 15.1. The Kier molecular flexibility index (Phi) is 3.60. The van der Waals surface area contributed by atoms with Crippen LogP contribution in [0.1, 0.15) is 26.2 Å². The fraction of sp³-hybridized carbons (Fsp3) is 0.692. The Hall–Kier alpha value is -0.600. The lowest BCUT2D eigenvalue weighted by Gasteiger charge is -2.32. The highest BCUT2D eigenvalue weighted by Gasteiger charge is 2.21. The lowest BCUT2D eigenvalue weighted by molar-refractivity contribution is 0.209. The predicted molar refractivity (Wildman–Crippen MR) is 64.7 cm³/mol. The number of hydrogen-bond acceptors (Lipinski definition) is 2. The van der Waals surface area contributed by atoms with Crippen molar-refractivity contribution in [3.8, 4) is 0 Å². The molecule has 0 aromatic rings. The Balaban J connectivity index is 1.88. The van der Waals surface area contributed by atoms with E-state index in [-0.39, 0.29) is 6.04 Å². The number of hydrogen-bond donors (Lipinski definition) is 1. The Morgan fingerprint density at radius 2 is 2.13 bits per heavy atom. The van der Waals surface area contributed by atoms with Gasteiger partial charge in [-0.25, -0.2) is 0 Å². The first-order chi connectivity index (χ1) is 7.29. The summed E-state index contributed by atoms with van der Waals surface area (Å²) in [7, 11) is 0. The zero-order chi connectivity index (χ0) is 10.7. The van der Waals surface area contributed by atoms with Crippen LogP contribution in [0.25, 0.3) is 0 Å². The molecule has 1 aliphatic heterocycles. The van der Waals surface area contributed by atoms with Crippen LogP contribution in [-0.4, -0.2) is 30.6 Å². The molecular weight excluding hydrogens is 184 g/mol. The van der Waals surface area contributed by atoms with Crippen LogP contribution in [0.2, 0.25) is 0 Å². The monoisotopic (exact) mass is 206 g/mol. The molecule has 1 heterocycles. The predicted octanol–water partition coefficient (Wildman–Crippen LogP) is 1.93. The van der Waals surface area contributed by atoms with Gasteiger partial charge in [-0.1, -0.05) is 25.2 Å². The maximum absolute atomic E-state index is 5.83. The van der Waals surface area contributed by atoms with Crippen LogP contribution in [0, 0.1) is 5.92 Å². The standard InChI is InChI=1S/C13H22N2/c1-2-15-9-7-12(8-10-15)11-3-5-13(14)6-4-11/h3-5,12-13H,2,6-10,14H2,1H3. The van der Waals surface area contributed by atoms with Crippen LogP contribution in [0.3, 0.4) is 0 Å². The van der Waals surface area contributed by atoms with Gasteiger partial charge in [0, 0.05) is 6.04 Å². The van der Waals surface area contributed by atoms with Crippen LogP contribution < -0.4 is 5.73 Å². The molecule has 2 nitrogen and oxygen atoms in total. The van der Waals surface area contributed by atoms with Crippen molar-refractivity contribution in [2.45, 2.75) is 32.2 Å². The van der Waals surface area contributed by atoms with Crippen LogP contribution >= 0.6 is 0 Å². The van der Waals surface area contributed by atoms with Gasteiger partial charge >= 0.3 is 0 Å². The fourth-order valence-electron chi connectivity index (χ4n) is 2.54. The molecule has 0 amide bonds. The van der Waals surface area contributed by atoms with Gasteiger partial charge < -0.3 is 10.6 Å². The first kappa shape index (κ1) is 10.9. The van der Waals surface area contributed by atoms with Crippen molar-refractivity contribution in [1.82, 2.24) is 4.90 Å². The Morgan fingerprint density at radius 3 is 2.67 bits per heavy atom. The zero-order valence-electron chi connectivity index (χ0n) is 9.65. The van der Waals surface area contributed by atoms with Crippen molar-refractivity contribution in [3.63, 3.8) is 0 Å². The highest BCUT2D eigenvalue weighted by Crippen LogP contribution is 2.27. The number of likely N-dealkylation sites (tertiary alicyclic amines) is 1. The van der Waals surface area contributed by atoms with Gasteiger partial charge in [-0.2, -0.15) is 0 Å². The van der Waals surface area contributed by atoms with Gasteiger partial charge in [-0.3, -0.25) is 0 Å². The maximum atomic E-state index is 5.83. The van der Waals surface area contributed by atoms with Gasteiger partial charge in [0.2, 0.25) is 0 Å². The summed E-state index contributed by atoms with van der Waals surface area (Å²) in [4.78, 5) is 2.54. The second-order valence-electron chi connectivity index (χ2n) is 4.67. The van der Waals surface area contributed by atoms with E-state index in [1.54, 1.807) is 0 Å². The number of nitrogens with zero attached hydrogens (tertiary/aromatic N) is 1. The second kappa shape index (κ2) is 4.95. The van der Waals surface area contributed by atoms with Gasteiger partial charge in [0.25, 0.3) is 0 Å². The van der Waals surface area contributed by atoms with Gasteiger partial charge in [0.15, 0.2) is 0 Å². The van der Waals surface area contributed by atoms with E-state index in [1.165, 1.54) is 38.0 Å². The Morgan fingerprint density at radius 1 is 1.40 bits per heavy atom. The van der Waals surface area contributed by atoms with E-state index < -0.39 is 0 Å². The molecule has 2 rings (SSSR count). The lowest BCUT2D eigenvalue weighted by Crippen LogP contribution is -2.34. The van der Waals surface area contributed by atoms with E-state index in [9.17, 15) is 0 Å². The third-order valence-corrected chi connectivity index (χ3v) is 3.67. The van der Waals surface area contributed by atoms with E-state index in [0.29, 0.717) is 0 Å². The number of allylic oxidation sites excluding steroid dienone is 2. The second-order valence-corrected chi connectivity index (χ2v) is 4.67. The van der Waals surface area contributed by atoms with Crippen molar-refractivity contribution >= 4 is 0 Å². The zero-order valence-corrected chi connectivity index (χ0v) is 9.65. The molecule has 1 aliphatic carbocycles. The lowest BCUT2D eigenvalue weighted by atomic mass is 9.86. The quantitative estimate of drug-likeness (QED) is 0.748. The summed E-state index contributed by atoms with van der Waals surface area (Å²) < 4.78 is 0. The summed E-state index contributed by atoms with van der Waals surface area (Å²) in [5.41, 5.74) is 7.37. The summed E-state index contributed by atoms with van der Waals surface area (Å²) in [5, 5.41) is 0. The minimum Gasteiger partial charge on any atom is -0.324 e. The molecule has 1 fully saturated rings. The molecule has 2 N–H and O–H groups in total. The van der Waals surface area contributed by atoms with E-state index in [4.69, 9.17) is 5.73 Å². The molecule has 0 saturated carbocycles. The third-order valence-electron chi connectivity index (χ3n) is 3.67. The van der Waals surface area contributed by atoms with Gasteiger partial charge in [-0.05, 0) is 50.4 Å². The van der Waals surface area contributed by atoms with Crippen LogP contribution in [-0.2, 0) is 0 Å². The Labute approximate surface area is 92.8 Å². The van der Waals surface area contributed by atoms with Crippen LogP contribution in [0.5, 0.6) is 0 Å². The molecule has 0 bridgehead atoms. The van der Waals surface area contributed by atoms with E-state index >= 15 is 0 Å². The van der Waals surface area contributed by atoms with Gasteiger partial charge in [0.05, 0.1) is 0 Å². The molecule has 2 aliphatic rings. The average molecular weight is 206 g/mol. The molecule has 0 spiro atoms. The van der Waals surface area contributed by atoms with Crippen molar-refractivity contribution in [2.75, 3.05) is 19.6 Å². The molecule has 15 heavy (non-hydrogen) atoms. The molecule has 84 valence electrons. The van der Waals surface area contributed by atoms with Gasteiger partial charge in [0.1, 0.15) is 0 Å². The summed E-state index contributed by atoms with van der Waals surface area (Å²) in [6.07, 6.45) is 10.4. The molecular formula is C13H22N2. The molecule has 0 aromatic heterocycles. The molecule has 2 heteroatoms. The van der Waals surface area contributed by atoms with E-state index in [2.05, 4.69) is 30.1 Å². The van der Waals surface area contributed by atoms with E-state index in [0.717, 1.165) is 12.3 Å². The van der Waals surface area contributed by atoms with Crippen molar-refractivity contribution in [2.24, 2.45) is 11.7 Å². The third kappa shape index (κ3) is 2.70. The Bertz CT molecular complexity index is 260. The van der Waals surface area contributed by atoms with Crippen LogP contribution in [0.4, 0.5) is 0 Å². The summed E-state index contributed by atoms with van der Waals surface area (Å²) in [6, 6.07) is 0.254. The number of nitrogens with two attached hydrogens (primary N) is 1. The van der Waals surface area contributed by atoms with Crippen molar-refractivity contribution in [1.29, 1.82) is 0 Å². The van der Waals surface area contributed by atoms with E-state index in [1.807, 2.05) is 0 Å². The molecule has 0 aromatic carbocycles. The number of piperidine rings is 1. The first-order valence-electron chi connectivity index (χ1n) is 6.15.